The van der Waals surface area contributed by atoms with Crippen molar-refractivity contribution in [1.29, 1.82) is 0 Å². The molecule has 0 radical (unpaired) electrons. The lowest BCUT2D eigenvalue weighted by atomic mass is 10.2. The van der Waals surface area contributed by atoms with Gasteiger partial charge in [0.2, 0.25) is 0 Å². The van der Waals surface area contributed by atoms with Crippen LogP contribution < -0.4 is 0 Å². The van der Waals surface area contributed by atoms with Crippen LogP contribution in [0.1, 0.15) is 24.2 Å². The number of benzene rings is 1. The van der Waals surface area contributed by atoms with Crippen LogP contribution in [0.5, 0.6) is 0 Å². The fraction of sp³-hybridized carbons (Fsp3) is 0.417. The van der Waals surface area contributed by atoms with Crippen LogP contribution in [0.25, 0.3) is 0 Å². The second-order valence-corrected chi connectivity index (χ2v) is 4.81. The molecular weight excluding hydrogens is 319 g/mol. The highest BCUT2D eigenvalue weighted by atomic mass is 127. The Kier molecular flexibility index (Phi) is 5.76. The van der Waals surface area contributed by atoms with Crippen LogP contribution in [-0.4, -0.2) is 25.3 Å². The summed E-state index contributed by atoms with van der Waals surface area (Å²) in [5.74, 6) is -0.300. The second kappa shape index (κ2) is 6.85. The van der Waals surface area contributed by atoms with E-state index in [9.17, 15) is 4.79 Å². The van der Waals surface area contributed by atoms with Crippen LogP contribution in [0.15, 0.2) is 24.3 Å². The Labute approximate surface area is 109 Å². The third kappa shape index (κ3) is 4.94. The quantitative estimate of drug-likeness (QED) is 0.472. The highest BCUT2D eigenvalue weighted by Crippen LogP contribution is 2.08. The van der Waals surface area contributed by atoms with E-state index in [1.807, 2.05) is 26.0 Å². The predicted molar refractivity (Wildman–Crippen MR) is 70.5 cm³/mol. The maximum Gasteiger partial charge on any atom is 0.338 e. The number of ether oxygens (including phenoxy) is 2. The first-order valence-corrected chi connectivity index (χ1v) is 6.22. The minimum Gasteiger partial charge on any atom is -0.460 e. The van der Waals surface area contributed by atoms with Crippen molar-refractivity contribution < 1.29 is 14.3 Å². The fourth-order valence-electron chi connectivity index (χ4n) is 1.12. The molecule has 1 rings (SSSR count). The van der Waals surface area contributed by atoms with Crippen LogP contribution in [0.4, 0.5) is 0 Å². The number of carbonyl (C=O) groups is 1. The van der Waals surface area contributed by atoms with E-state index in [1.165, 1.54) is 0 Å². The van der Waals surface area contributed by atoms with Crippen molar-refractivity contribution in [3.05, 3.63) is 33.4 Å². The summed E-state index contributed by atoms with van der Waals surface area (Å²) in [5.41, 5.74) is 0.580. The first-order chi connectivity index (χ1) is 7.59. The number of halogens is 1. The third-order valence-corrected chi connectivity index (χ3v) is 2.50. The van der Waals surface area contributed by atoms with Gasteiger partial charge < -0.3 is 9.47 Å². The fourth-order valence-corrected chi connectivity index (χ4v) is 1.66. The standard InChI is InChI=1S/C12H15IO3/c1-9(2)15-6-7-16-12(14)10-4-3-5-11(13)8-10/h3-5,8-9H,6-7H2,1-2H3. The lowest BCUT2D eigenvalue weighted by molar-refractivity contribution is 0.0177. The molecule has 0 bridgehead atoms. The summed E-state index contributed by atoms with van der Waals surface area (Å²) in [6.45, 7) is 4.62. The minimum absolute atomic E-state index is 0.163. The van der Waals surface area contributed by atoms with E-state index < -0.39 is 0 Å². The molecule has 0 aliphatic carbocycles. The molecule has 1 aromatic rings. The molecule has 16 heavy (non-hydrogen) atoms. The van der Waals surface area contributed by atoms with Crippen molar-refractivity contribution in [3.8, 4) is 0 Å². The number of carbonyl (C=O) groups excluding carboxylic acids is 1. The smallest absolute Gasteiger partial charge is 0.338 e. The first kappa shape index (κ1) is 13.4. The maximum absolute atomic E-state index is 11.6. The lowest BCUT2D eigenvalue weighted by Gasteiger charge is -2.08. The van der Waals surface area contributed by atoms with Gasteiger partial charge in [0.15, 0.2) is 0 Å². The zero-order chi connectivity index (χ0) is 12.0. The summed E-state index contributed by atoms with van der Waals surface area (Å²) < 4.78 is 11.4. The molecule has 0 aliphatic rings. The molecule has 0 saturated carbocycles. The Balaban J connectivity index is 2.35. The lowest BCUT2D eigenvalue weighted by Crippen LogP contribution is -2.13. The summed E-state index contributed by atoms with van der Waals surface area (Å²) in [6.07, 6.45) is 0.163. The van der Waals surface area contributed by atoms with Crippen LogP contribution in [-0.2, 0) is 9.47 Å². The van der Waals surface area contributed by atoms with E-state index in [0.717, 1.165) is 3.57 Å². The molecular formula is C12H15IO3. The molecule has 0 amide bonds. The molecule has 3 nitrogen and oxygen atoms in total. The third-order valence-electron chi connectivity index (χ3n) is 1.83. The van der Waals surface area contributed by atoms with E-state index in [2.05, 4.69) is 22.6 Å². The molecule has 4 heteroatoms. The summed E-state index contributed by atoms with van der Waals surface area (Å²) in [5, 5.41) is 0. The van der Waals surface area contributed by atoms with Crippen molar-refractivity contribution >= 4 is 28.6 Å². The molecule has 0 fully saturated rings. The van der Waals surface area contributed by atoms with E-state index in [1.54, 1.807) is 12.1 Å². The number of hydrogen-bond donors (Lipinski definition) is 0. The van der Waals surface area contributed by atoms with Gasteiger partial charge in [0.1, 0.15) is 6.61 Å². The van der Waals surface area contributed by atoms with Crippen molar-refractivity contribution in [1.82, 2.24) is 0 Å². The topological polar surface area (TPSA) is 35.5 Å². The van der Waals surface area contributed by atoms with Gasteiger partial charge in [0.05, 0.1) is 18.3 Å². The van der Waals surface area contributed by atoms with Crippen LogP contribution >= 0.6 is 22.6 Å². The van der Waals surface area contributed by atoms with Gasteiger partial charge in [-0.1, -0.05) is 6.07 Å². The van der Waals surface area contributed by atoms with E-state index in [0.29, 0.717) is 18.8 Å². The largest absolute Gasteiger partial charge is 0.460 e. The molecule has 88 valence electrons. The van der Waals surface area contributed by atoms with Crippen molar-refractivity contribution in [2.75, 3.05) is 13.2 Å². The Morgan fingerprint density at radius 1 is 1.38 bits per heavy atom. The summed E-state index contributed by atoms with van der Waals surface area (Å²) >= 11 is 2.16. The summed E-state index contributed by atoms with van der Waals surface area (Å²) in [6, 6.07) is 7.31. The average Bonchev–Trinajstić information content (AvgIpc) is 2.24. The number of hydrogen-bond acceptors (Lipinski definition) is 3. The van der Waals surface area contributed by atoms with E-state index in [4.69, 9.17) is 9.47 Å². The van der Waals surface area contributed by atoms with Gasteiger partial charge in [0, 0.05) is 3.57 Å². The predicted octanol–water partition coefficient (Wildman–Crippen LogP) is 2.87. The molecule has 0 atom stereocenters. The SMILES string of the molecule is CC(C)OCCOC(=O)c1cccc(I)c1. The molecule has 0 unspecified atom stereocenters. The van der Waals surface area contributed by atoms with Gasteiger partial charge >= 0.3 is 5.97 Å². The molecule has 1 aromatic carbocycles. The Morgan fingerprint density at radius 3 is 2.75 bits per heavy atom. The van der Waals surface area contributed by atoms with Gasteiger partial charge in [-0.3, -0.25) is 0 Å². The average molecular weight is 334 g/mol. The Morgan fingerprint density at radius 2 is 2.12 bits per heavy atom. The first-order valence-electron chi connectivity index (χ1n) is 5.14. The highest BCUT2D eigenvalue weighted by molar-refractivity contribution is 14.1. The second-order valence-electron chi connectivity index (χ2n) is 3.57. The van der Waals surface area contributed by atoms with Gasteiger partial charge in [0.25, 0.3) is 0 Å². The van der Waals surface area contributed by atoms with Crippen molar-refractivity contribution in [2.24, 2.45) is 0 Å². The Bertz CT molecular complexity index is 350. The normalized spacial score (nSPS) is 10.5. The summed E-state index contributed by atoms with van der Waals surface area (Å²) in [4.78, 5) is 11.6. The van der Waals surface area contributed by atoms with Gasteiger partial charge in [-0.05, 0) is 54.6 Å². The minimum atomic E-state index is -0.300. The zero-order valence-corrected chi connectivity index (χ0v) is 11.6. The Hall–Kier alpha value is -0.620. The highest BCUT2D eigenvalue weighted by Gasteiger charge is 2.06. The molecule has 0 saturated heterocycles. The van der Waals surface area contributed by atoms with Crippen LogP contribution in [0.3, 0.4) is 0 Å². The van der Waals surface area contributed by atoms with Crippen molar-refractivity contribution in [2.45, 2.75) is 20.0 Å². The number of rotatable bonds is 5. The molecule has 0 heterocycles. The van der Waals surface area contributed by atoms with E-state index in [-0.39, 0.29) is 12.1 Å². The van der Waals surface area contributed by atoms with Crippen molar-refractivity contribution in [3.63, 3.8) is 0 Å². The zero-order valence-electron chi connectivity index (χ0n) is 9.40. The monoisotopic (exact) mass is 334 g/mol. The molecule has 0 spiro atoms. The number of esters is 1. The van der Waals surface area contributed by atoms with Gasteiger partial charge in [-0.15, -0.1) is 0 Å². The molecule has 0 aliphatic heterocycles. The summed E-state index contributed by atoms with van der Waals surface area (Å²) in [7, 11) is 0. The van der Waals surface area contributed by atoms with Crippen LogP contribution in [0.2, 0.25) is 0 Å². The van der Waals surface area contributed by atoms with Gasteiger partial charge in [-0.25, -0.2) is 4.79 Å². The van der Waals surface area contributed by atoms with E-state index >= 15 is 0 Å². The van der Waals surface area contributed by atoms with Crippen LogP contribution in [0, 0.1) is 3.57 Å². The maximum atomic E-state index is 11.6. The molecule has 0 aromatic heterocycles. The molecule has 0 N–H and O–H groups in total. The van der Waals surface area contributed by atoms with Gasteiger partial charge in [-0.2, -0.15) is 0 Å².